The molecule has 3 amide bonds. The zero-order chi connectivity index (χ0) is 21.0. The first-order valence-corrected chi connectivity index (χ1v) is 11.1. The molecule has 7 atom stereocenters. The van der Waals surface area contributed by atoms with E-state index in [0.29, 0.717) is 5.76 Å². The normalized spacial score (nSPS) is 33.7. The van der Waals surface area contributed by atoms with Crippen LogP contribution in [0.15, 0.2) is 10.6 Å². The fourth-order valence-corrected chi connectivity index (χ4v) is 6.59. The van der Waals surface area contributed by atoms with Crippen molar-refractivity contribution in [3.63, 3.8) is 0 Å². The van der Waals surface area contributed by atoms with E-state index in [0.717, 1.165) is 11.3 Å². The maximum absolute atomic E-state index is 12.9. The van der Waals surface area contributed by atoms with E-state index in [1.54, 1.807) is 6.92 Å². The Labute approximate surface area is 183 Å². The van der Waals surface area contributed by atoms with E-state index in [-0.39, 0.29) is 39.1 Å². The number of nitrogens with zero attached hydrogens (tertiary/aromatic N) is 2. The van der Waals surface area contributed by atoms with Gasteiger partial charge in [0.05, 0.1) is 11.8 Å². The molecule has 156 valence electrons. The van der Waals surface area contributed by atoms with E-state index in [1.165, 1.54) is 13.0 Å². The van der Waals surface area contributed by atoms with Crippen LogP contribution in [0.4, 0.5) is 5.82 Å². The molecule has 1 N–H and O–H groups in total. The van der Waals surface area contributed by atoms with Crippen molar-refractivity contribution in [3.8, 4) is 0 Å². The molecular formula is C18H19Br2N3O6. The number of ether oxygens (including phenoxy) is 1. The van der Waals surface area contributed by atoms with Gasteiger partial charge in [-0.25, -0.2) is 4.79 Å². The van der Waals surface area contributed by atoms with Crippen molar-refractivity contribution in [2.75, 3.05) is 11.9 Å². The average molecular weight is 533 g/mol. The Bertz CT molecular complexity index is 857. The Balaban J connectivity index is 1.37. The predicted octanol–water partition coefficient (Wildman–Crippen LogP) is 1.63. The summed E-state index contributed by atoms with van der Waals surface area (Å²) in [5, 5.41) is 6.04. The molecular weight excluding hydrogens is 514 g/mol. The van der Waals surface area contributed by atoms with Crippen LogP contribution in [0, 0.1) is 30.6 Å². The fraction of sp³-hybridized carbons (Fsp3) is 0.611. The lowest BCUT2D eigenvalue weighted by atomic mass is 9.81. The molecule has 1 aromatic heterocycles. The molecule has 0 spiro atoms. The Morgan fingerprint density at radius 1 is 1.28 bits per heavy atom. The van der Waals surface area contributed by atoms with Crippen molar-refractivity contribution in [2.45, 2.75) is 36.0 Å². The van der Waals surface area contributed by atoms with Gasteiger partial charge < -0.3 is 14.6 Å². The summed E-state index contributed by atoms with van der Waals surface area (Å²) < 4.78 is 9.85. The number of aryl methyl sites for hydroxylation is 1. The number of fused-ring (bicyclic) bond motifs is 5. The van der Waals surface area contributed by atoms with Gasteiger partial charge in [-0.05, 0) is 32.1 Å². The van der Waals surface area contributed by atoms with Gasteiger partial charge >= 0.3 is 5.97 Å². The lowest BCUT2D eigenvalue weighted by Gasteiger charge is -2.28. The summed E-state index contributed by atoms with van der Waals surface area (Å²) in [7, 11) is 0. The van der Waals surface area contributed by atoms with Crippen LogP contribution >= 0.6 is 31.9 Å². The van der Waals surface area contributed by atoms with Crippen LogP contribution in [0.3, 0.4) is 0 Å². The second-order valence-electron chi connectivity index (χ2n) is 7.70. The van der Waals surface area contributed by atoms with Crippen LogP contribution < -0.4 is 5.32 Å². The highest BCUT2D eigenvalue weighted by Gasteiger charge is 2.67. The van der Waals surface area contributed by atoms with Gasteiger partial charge in [-0.2, -0.15) is 0 Å². The van der Waals surface area contributed by atoms with Crippen molar-refractivity contribution < 1.29 is 28.4 Å². The first-order chi connectivity index (χ1) is 13.7. The van der Waals surface area contributed by atoms with Gasteiger partial charge in [-0.3, -0.25) is 19.3 Å². The number of amides is 3. The monoisotopic (exact) mass is 531 g/mol. The number of hydrogen-bond acceptors (Lipinski definition) is 7. The van der Waals surface area contributed by atoms with Gasteiger partial charge in [-0.15, -0.1) is 0 Å². The molecule has 0 aromatic carbocycles. The Kier molecular flexibility index (Phi) is 5.30. The van der Waals surface area contributed by atoms with Crippen molar-refractivity contribution in [2.24, 2.45) is 23.7 Å². The number of carbonyl (C=O) groups excluding carboxylic acids is 4. The predicted molar refractivity (Wildman–Crippen MR) is 106 cm³/mol. The van der Waals surface area contributed by atoms with E-state index in [1.807, 2.05) is 0 Å². The molecule has 4 rings (SSSR count). The number of hydrogen-bond donors (Lipinski definition) is 1. The molecule has 2 heterocycles. The zero-order valence-corrected chi connectivity index (χ0v) is 18.8. The van der Waals surface area contributed by atoms with Gasteiger partial charge in [0.2, 0.25) is 11.8 Å². The molecule has 3 aliphatic rings. The molecule has 2 saturated carbocycles. The zero-order valence-electron chi connectivity index (χ0n) is 15.6. The Morgan fingerprint density at radius 2 is 1.86 bits per heavy atom. The standard InChI is InChI=1S/C18H19Br2N3O6/c1-6-3-10(22-29-6)21-11(24)5-28-18(27)7(2)23-16(25)12-8-4-9(13(12)17(23)26)15(20)14(8)19/h3,7-9,12-15H,4-5H2,1-2H3,(H,21,22,24)/t7-,8+,9+,12-,13+,14-,15-/m0/s1. The summed E-state index contributed by atoms with van der Waals surface area (Å²) in [4.78, 5) is 51.4. The number of carbonyl (C=O) groups is 4. The number of likely N-dealkylation sites (tertiary alicyclic amines) is 1. The maximum Gasteiger partial charge on any atom is 0.329 e. The highest BCUT2D eigenvalue weighted by molar-refractivity contribution is 9.12. The number of aromatic nitrogens is 1. The van der Waals surface area contributed by atoms with Crippen LogP contribution in [0.25, 0.3) is 0 Å². The van der Waals surface area contributed by atoms with E-state index in [4.69, 9.17) is 9.26 Å². The summed E-state index contributed by atoms with van der Waals surface area (Å²) >= 11 is 7.25. The third-order valence-corrected chi connectivity index (χ3v) is 9.20. The number of alkyl halides is 2. The number of esters is 1. The van der Waals surface area contributed by atoms with E-state index in [2.05, 4.69) is 42.3 Å². The average Bonchev–Trinajstić information content (AvgIpc) is 3.39. The van der Waals surface area contributed by atoms with Crippen LogP contribution in [-0.4, -0.2) is 56.1 Å². The molecule has 11 heteroatoms. The topological polar surface area (TPSA) is 119 Å². The quantitative estimate of drug-likeness (QED) is 0.348. The van der Waals surface area contributed by atoms with E-state index in [9.17, 15) is 19.2 Å². The fourth-order valence-electron chi connectivity index (χ4n) is 4.72. The minimum absolute atomic E-state index is 0.0655. The second-order valence-corrected chi connectivity index (χ2v) is 9.82. The van der Waals surface area contributed by atoms with E-state index >= 15 is 0 Å². The van der Waals surface area contributed by atoms with Crippen LogP contribution in [0.2, 0.25) is 0 Å². The maximum atomic E-state index is 12.9. The van der Waals surface area contributed by atoms with Gasteiger partial charge in [0.1, 0.15) is 11.8 Å². The van der Waals surface area contributed by atoms with Crippen LogP contribution in [0.5, 0.6) is 0 Å². The SMILES string of the molecule is Cc1cc(NC(=O)COC(=O)[C@H](C)N2C(=O)[C@@H]3[C@H]4C[C@@H]([C@H](Br)[C@H]4Br)[C@@H]3C2=O)no1. The van der Waals surface area contributed by atoms with Crippen molar-refractivity contribution in [3.05, 3.63) is 11.8 Å². The first kappa shape index (κ1) is 20.5. The largest absolute Gasteiger partial charge is 0.454 e. The number of halogens is 2. The molecule has 0 unspecified atom stereocenters. The third-order valence-electron chi connectivity index (χ3n) is 5.99. The first-order valence-electron chi connectivity index (χ1n) is 9.25. The van der Waals surface area contributed by atoms with Crippen molar-refractivity contribution in [1.82, 2.24) is 10.1 Å². The van der Waals surface area contributed by atoms with Gasteiger partial charge in [-0.1, -0.05) is 37.0 Å². The van der Waals surface area contributed by atoms with Gasteiger partial charge in [0.15, 0.2) is 12.4 Å². The second kappa shape index (κ2) is 7.50. The minimum Gasteiger partial charge on any atom is -0.454 e. The summed E-state index contributed by atoms with van der Waals surface area (Å²) in [5.41, 5.74) is 0. The summed E-state index contributed by atoms with van der Waals surface area (Å²) in [6.45, 7) is 2.55. The Morgan fingerprint density at radius 3 is 2.38 bits per heavy atom. The lowest BCUT2D eigenvalue weighted by Crippen LogP contribution is -2.45. The van der Waals surface area contributed by atoms with Crippen LogP contribution in [-0.2, 0) is 23.9 Å². The van der Waals surface area contributed by atoms with Crippen molar-refractivity contribution >= 4 is 61.4 Å². The molecule has 2 aliphatic carbocycles. The molecule has 0 radical (unpaired) electrons. The molecule has 9 nitrogen and oxygen atoms in total. The van der Waals surface area contributed by atoms with Gasteiger partial charge in [0.25, 0.3) is 5.91 Å². The minimum atomic E-state index is -1.09. The highest BCUT2D eigenvalue weighted by atomic mass is 79.9. The molecule has 1 aromatic rings. The lowest BCUT2D eigenvalue weighted by molar-refractivity contribution is -0.159. The summed E-state index contributed by atoms with van der Waals surface area (Å²) in [6, 6.07) is 0.426. The number of rotatable bonds is 5. The molecule has 3 fully saturated rings. The molecule has 1 saturated heterocycles. The van der Waals surface area contributed by atoms with Gasteiger partial charge in [0, 0.05) is 15.7 Å². The van der Waals surface area contributed by atoms with E-state index < -0.39 is 36.4 Å². The number of nitrogens with one attached hydrogen (secondary N) is 1. The molecule has 2 bridgehead atoms. The number of imide groups is 1. The van der Waals surface area contributed by atoms with Crippen molar-refractivity contribution in [1.29, 1.82) is 0 Å². The summed E-state index contributed by atoms with van der Waals surface area (Å²) in [6.07, 6.45) is 0.813. The smallest absolute Gasteiger partial charge is 0.329 e. The molecule has 29 heavy (non-hydrogen) atoms. The molecule has 1 aliphatic heterocycles. The highest BCUT2D eigenvalue weighted by Crippen LogP contribution is 2.60. The Hall–Kier alpha value is -1.75. The van der Waals surface area contributed by atoms with Crippen LogP contribution in [0.1, 0.15) is 19.1 Å². The summed E-state index contributed by atoms with van der Waals surface area (Å²) in [5.74, 6) is -2.02. The third kappa shape index (κ3) is 3.31. The number of anilines is 1.